The predicted octanol–water partition coefficient (Wildman–Crippen LogP) is 5.13. The van der Waals surface area contributed by atoms with Crippen molar-refractivity contribution >= 4 is 12.0 Å². The highest BCUT2D eigenvalue weighted by atomic mass is 19.4. The molecule has 0 heterocycles. The number of benzene rings is 1. The lowest BCUT2D eigenvalue weighted by molar-refractivity contribution is -0.143. The smallest absolute Gasteiger partial charge is 0.416 e. The first-order valence-corrected chi connectivity index (χ1v) is 11.3. The van der Waals surface area contributed by atoms with Gasteiger partial charge in [-0.05, 0) is 70.6 Å². The highest BCUT2D eigenvalue weighted by Gasteiger charge is 2.37. The Morgan fingerprint density at radius 1 is 0.857 bits per heavy atom. The van der Waals surface area contributed by atoms with Crippen molar-refractivity contribution in [2.75, 3.05) is 19.6 Å². The van der Waals surface area contributed by atoms with E-state index >= 15 is 0 Å². The van der Waals surface area contributed by atoms with Crippen LogP contribution in [-0.4, -0.2) is 43.3 Å². The molecule has 0 unspecified atom stereocenters. The molecule has 6 nitrogen and oxygen atoms in total. The summed E-state index contributed by atoms with van der Waals surface area (Å²) in [6.45, 7) is 6.40. The minimum absolute atomic E-state index is 0.00586. The van der Waals surface area contributed by atoms with Gasteiger partial charge < -0.3 is 20.7 Å². The zero-order valence-electron chi connectivity index (χ0n) is 19.8. The van der Waals surface area contributed by atoms with E-state index in [1.54, 1.807) is 20.8 Å². The van der Waals surface area contributed by atoms with Gasteiger partial charge in [-0.2, -0.15) is 26.3 Å². The van der Waals surface area contributed by atoms with Gasteiger partial charge in [0.25, 0.3) is 5.91 Å². The van der Waals surface area contributed by atoms with Crippen LogP contribution >= 0.6 is 0 Å². The van der Waals surface area contributed by atoms with E-state index < -0.39 is 46.6 Å². The van der Waals surface area contributed by atoms with Crippen LogP contribution in [0.1, 0.15) is 67.9 Å². The van der Waals surface area contributed by atoms with Crippen LogP contribution in [-0.2, 0) is 17.1 Å². The zero-order valence-corrected chi connectivity index (χ0v) is 19.8. The van der Waals surface area contributed by atoms with E-state index in [4.69, 9.17) is 4.74 Å². The fourth-order valence-electron chi connectivity index (χ4n) is 3.75. The van der Waals surface area contributed by atoms with Crippen LogP contribution in [0.5, 0.6) is 0 Å². The molecule has 0 aromatic heterocycles. The molecular formula is C23H31F6N3O3. The Morgan fingerprint density at radius 3 is 1.89 bits per heavy atom. The van der Waals surface area contributed by atoms with E-state index in [-0.39, 0.29) is 24.6 Å². The van der Waals surface area contributed by atoms with E-state index in [1.807, 2.05) is 0 Å². The third kappa shape index (κ3) is 9.95. The fraction of sp³-hybridized carbons (Fsp3) is 0.652. The van der Waals surface area contributed by atoms with Crippen molar-refractivity contribution in [1.29, 1.82) is 0 Å². The molecule has 1 fully saturated rings. The number of nitrogens with one attached hydrogen (secondary N) is 3. The van der Waals surface area contributed by atoms with Gasteiger partial charge in [0.2, 0.25) is 0 Å². The molecule has 1 aromatic carbocycles. The second-order valence-corrected chi connectivity index (χ2v) is 9.61. The average molecular weight is 512 g/mol. The van der Waals surface area contributed by atoms with E-state index in [0.29, 0.717) is 25.2 Å². The third-order valence-electron chi connectivity index (χ3n) is 5.47. The molecule has 0 bridgehead atoms. The Bertz CT molecular complexity index is 840. The highest BCUT2D eigenvalue weighted by molar-refractivity contribution is 5.94. The summed E-state index contributed by atoms with van der Waals surface area (Å²) in [4.78, 5) is 23.9. The molecule has 0 spiro atoms. The van der Waals surface area contributed by atoms with Gasteiger partial charge >= 0.3 is 18.4 Å². The van der Waals surface area contributed by atoms with Crippen LogP contribution < -0.4 is 16.0 Å². The number of alkyl carbamates (subject to hydrolysis) is 1. The Labute approximate surface area is 200 Å². The molecular weight excluding hydrogens is 480 g/mol. The standard InChI is InChI=1S/C23H31F6N3O3/c1-21(2,3)35-20(34)31-9-8-30-18-6-4-14(5-7-18)13-32-19(33)15-10-16(22(24,25)26)12-17(11-15)23(27,28)29/h10-12,14,18,30H,4-9,13H2,1-3H3,(H,31,34)(H,32,33)/t14-,18+. The molecule has 35 heavy (non-hydrogen) atoms. The van der Waals surface area contributed by atoms with Crippen molar-refractivity contribution in [2.45, 2.75) is 70.4 Å². The number of hydrogen-bond donors (Lipinski definition) is 3. The van der Waals surface area contributed by atoms with Crippen molar-refractivity contribution in [3.8, 4) is 0 Å². The van der Waals surface area contributed by atoms with Gasteiger partial charge in [-0.3, -0.25) is 4.79 Å². The van der Waals surface area contributed by atoms with Crippen LogP contribution in [0.4, 0.5) is 31.1 Å². The second kappa shape index (κ2) is 11.5. The van der Waals surface area contributed by atoms with Crippen molar-refractivity contribution in [1.82, 2.24) is 16.0 Å². The lowest BCUT2D eigenvalue weighted by Crippen LogP contribution is -2.41. The van der Waals surface area contributed by atoms with Gasteiger partial charge in [-0.1, -0.05) is 0 Å². The summed E-state index contributed by atoms with van der Waals surface area (Å²) in [7, 11) is 0. The first-order valence-electron chi connectivity index (χ1n) is 11.3. The quantitative estimate of drug-likeness (QED) is 0.351. The maximum Gasteiger partial charge on any atom is 0.416 e. The molecule has 198 valence electrons. The normalized spacial score (nSPS) is 19.2. The summed E-state index contributed by atoms with van der Waals surface area (Å²) in [5.41, 5.74) is -4.30. The average Bonchev–Trinajstić information content (AvgIpc) is 2.73. The topological polar surface area (TPSA) is 79.5 Å². The zero-order chi connectivity index (χ0) is 26.4. The molecule has 0 aliphatic heterocycles. The Morgan fingerprint density at radius 2 is 1.40 bits per heavy atom. The second-order valence-electron chi connectivity index (χ2n) is 9.61. The summed E-state index contributed by atoms with van der Waals surface area (Å²) >= 11 is 0. The number of carbonyl (C=O) groups is 2. The monoisotopic (exact) mass is 511 g/mol. The van der Waals surface area contributed by atoms with E-state index in [9.17, 15) is 35.9 Å². The van der Waals surface area contributed by atoms with Gasteiger partial charge in [-0.25, -0.2) is 4.79 Å². The Hall–Kier alpha value is -2.50. The number of rotatable bonds is 7. The number of alkyl halides is 6. The molecule has 0 saturated heterocycles. The molecule has 1 aliphatic carbocycles. The predicted molar refractivity (Wildman–Crippen MR) is 117 cm³/mol. The van der Waals surface area contributed by atoms with E-state index in [2.05, 4.69) is 16.0 Å². The third-order valence-corrected chi connectivity index (χ3v) is 5.47. The van der Waals surface area contributed by atoms with Crippen molar-refractivity contribution in [3.63, 3.8) is 0 Å². The largest absolute Gasteiger partial charge is 0.444 e. The number of halogens is 6. The molecule has 2 rings (SSSR count). The van der Waals surface area contributed by atoms with Gasteiger partial charge in [-0.15, -0.1) is 0 Å². The van der Waals surface area contributed by atoms with Crippen molar-refractivity contribution < 1.29 is 40.7 Å². The fourth-order valence-corrected chi connectivity index (χ4v) is 3.75. The maximum atomic E-state index is 13.0. The molecule has 1 saturated carbocycles. The minimum atomic E-state index is -5.01. The van der Waals surface area contributed by atoms with Crippen molar-refractivity contribution in [3.05, 3.63) is 34.9 Å². The van der Waals surface area contributed by atoms with Crippen LogP contribution in [0.15, 0.2) is 18.2 Å². The molecule has 1 aliphatic rings. The Balaban J connectivity index is 1.78. The first kappa shape index (κ1) is 28.7. The molecule has 1 aromatic rings. The van der Waals surface area contributed by atoms with Gasteiger partial charge in [0.05, 0.1) is 11.1 Å². The first-order chi connectivity index (χ1) is 16.0. The van der Waals surface area contributed by atoms with Gasteiger partial charge in [0.15, 0.2) is 0 Å². The minimum Gasteiger partial charge on any atom is -0.444 e. The summed E-state index contributed by atoms with van der Waals surface area (Å²) < 4.78 is 83.1. The Kier molecular flexibility index (Phi) is 9.43. The summed E-state index contributed by atoms with van der Waals surface area (Å²) in [6.07, 6.45) is -7.49. The number of amides is 2. The summed E-state index contributed by atoms with van der Waals surface area (Å²) in [5, 5.41) is 8.44. The van der Waals surface area contributed by atoms with Crippen LogP contribution in [0.25, 0.3) is 0 Å². The molecule has 2 amide bonds. The van der Waals surface area contributed by atoms with Crippen molar-refractivity contribution in [2.24, 2.45) is 5.92 Å². The number of hydrogen-bond acceptors (Lipinski definition) is 4. The molecule has 3 N–H and O–H groups in total. The van der Waals surface area contributed by atoms with Gasteiger partial charge in [0, 0.05) is 31.2 Å². The molecule has 0 atom stereocenters. The lowest BCUT2D eigenvalue weighted by Gasteiger charge is -2.29. The van der Waals surface area contributed by atoms with Crippen LogP contribution in [0, 0.1) is 5.92 Å². The lowest BCUT2D eigenvalue weighted by atomic mass is 9.86. The SMILES string of the molecule is CC(C)(C)OC(=O)NCCN[C@H]1CC[C@@H](CNC(=O)c2cc(C(F)(F)F)cc(C(F)(F)F)c2)CC1. The van der Waals surface area contributed by atoms with Crippen LogP contribution in [0.2, 0.25) is 0 Å². The molecule has 0 radical (unpaired) electrons. The summed E-state index contributed by atoms with van der Waals surface area (Å²) in [6, 6.07) is 1.06. The highest BCUT2D eigenvalue weighted by Crippen LogP contribution is 2.36. The van der Waals surface area contributed by atoms with E-state index in [1.165, 1.54) is 0 Å². The number of ether oxygens (including phenoxy) is 1. The summed E-state index contributed by atoms with van der Waals surface area (Å²) in [5.74, 6) is -0.917. The molecule has 12 heteroatoms. The van der Waals surface area contributed by atoms with Gasteiger partial charge in [0.1, 0.15) is 5.60 Å². The maximum absolute atomic E-state index is 13.0. The number of carbonyl (C=O) groups excluding carboxylic acids is 2. The van der Waals surface area contributed by atoms with Crippen LogP contribution in [0.3, 0.4) is 0 Å². The van der Waals surface area contributed by atoms with E-state index in [0.717, 1.165) is 25.7 Å².